The van der Waals surface area contributed by atoms with E-state index in [-0.39, 0.29) is 24.8 Å². The van der Waals surface area contributed by atoms with E-state index < -0.39 is 0 Å². The lowest BCUT2D eigenvalue weighted by atomic mass is 9.98. The molecule has 2 rings (SSSR count). The first kappa shape index (κ1) is 19.7. The molecule has 0 spiro atoms. The van der Waals surface area contributed by atoms with Gasteiger partial charge in [0.15, 0.2) is 0 Å². The van der Waals surface area contributed by atoms with Gasteiger partial charge in [-0.25, -0.2) is 0 Å². The standard InChI is InChI=1S/C15H25N3.2ClH/c1-12(2)11-15(18-9-7-16-8-10-18)14-6-4-5-13(3)17-14;;/h4-6,12,15-16H,7-11H2,1-3H3;2*1H/t15-;;/m1../s1. The zero-order valence-electron chi connectivity index (χ0n) is 12.6. The van der Waals surface area contributed by atoms with Gasteiger partial charge >= 0.3 is 0 Å². The maximum absolute atomic E-state index is 4.74. The van der Waals surface area contributed by atoms with Crippen molar-refractivity contribution in [3.05, 3.63) is 29.6 Å². The minimum absolute atomic E-state index is 0. The molecule has 0 unspecified atom stereocenters. The SMILES string of the molecule is Cc1cccc([C@@H](CC(C)C)N2CCNCC2)n1.Cl.Cl. The Kier molecular flexibility index (Phi) is 9.39. The number of hydrogen-bond donors (Lipinski definition) is 1. The highest BCUT2D eigenvalue weighted by Crippen LogP contribution is 2.26. The Bertz CT molecular complexity index is 379. The van der Waals surface area contributed by atoms with Crippen molar-refractivity contribution in [3.63, 3.8) is 0 Å². The second kappa shape index (κ2) is 9.56. The summed E-state index contributed by atoms with van der Waals surface area (Å²) >= 11 is 0. The number of piperazine rings is 1. The Morgan fingerprint density at radius 1 is 1.20 bits per heavy atom. The molecule has 0 aromatic carbocycles. The first-order chi connectivity index (χ1) is 8.66. The zero-order valence-corrected chi connectivity index (χ0v) is 14.3. The van der Waals surface area contributed by atoms with Crippen molar-refractivity contribution in [3.8, 4) is 0 Å². The fourth-order valence-electron chi connectivity index (χ4n) is 2.65. The highest BCUT2D eigenvalue weighted by atomic mass is 35.5. The quantitative estimate of drug-likeness (QED) is 0.923. The molecule has 0 aliphatic carbocycles. The molecule has 1 fully saturated rings. The Morgan fingerprint density at radius 3 is 2.40 bits per heavy atom. The van der Waals surface area contributed by atoms with Gasteiger partial charge in [-0.15, -0.1) is 24.8 Å². The fourth-order valence-corrected chi connectivity index (χ4v) is 2.65. The van der Waals surface area contributed by atoms with Crippen LogP contribution in [0.15, 0.2) is 18.2 Å². The summed E-state index contributed by atoms with van der Waals surface area (Å²) in [5, 5.41) is 3.42. The number of nitrogens with zero attached hydrogens (tertiary/aromatic N) is 2. The molecule has 116 valence electrons. The first-order valence-corrected chi connectivity index (χ1v) is 7.05. The highest BCUT2D eigenvalue weighted by molar-refractivity contribution is 5.85. The van der Waals surface area contributed by atoms with Gasteiger partial charge in [-0.1, -0.05) is 19.9 Å². The number of aromatic nitrogens is 1. The van der Waals surface area contributed by atoms with Gasteiger partial charge < -0.3 is 5.32 Å². The summed E-state index contributed by atoms with van der Waals surface area (Å²) in [6.45, 7) is 11.1. The van der Waals surface area contributed by atoms with Gasteiger partial charge in [0, 0.05) is 31.9 Å². The molecule has 1 aliphatic rings. The van der Waals surface area contributed by atoms with Gasteiger partial charge in [0.1, 0.15) is 0 Å². The molecule has 5 heteroatoms. The molecule has 0 amide bonds. The Morgan fingerprint density at radius 2 is 1.85 bits per heavy atom. The van der Waals surface area contributed by atoms with Crippen LogP contribution >= 0.6 is 24.8 Å². The lowest BCUT2D eigenvalue weighted by molar-refractivity contribution is 0.151. The summed E-state index contributed by atoms with van der Waals surface area (Å²) in [4.78, 5) is 7.32. The van der Waals surface area contributed by atoms with E-state index in [0.29, 0.717) is 12.0 Å². The van der Waals surface area contributed by atoms with Gasteiger partial charge in [0.25, 0.3) is 0 Å². The fraction of sp³-hybridized carbons (Fsp3) is 0.667. The monoisotopic (exact) mass is 319 g/mol. The third kappa shape index (κ3) is 5.57. The van der Waals surface area contributed by atoms with Crippen LogP contribution in [-0.2, 0) is 0 Å². The number of hydrogen-bond acceptors (Lipinski definition) is 3. The van der Waals surface area contributed by atoms with Gasteiger partial charge in [-0.3, -0.25) is 9.88 Å². The summed E-state index contributed by atoms with van der Waals surface area (Å²) in [6.07, 6.45) is 1.19. The largest absolute Gasteiger partial charge is 0.314 e. The average Bonchev–Trinajstić information content (AvgIpc) is 2.37. The van der Waals surface area contributed by atoms with E-state index in [1.807, 2.05) is 0 Å². The topological polar surface area (TPSA) is 28.2 Å². The molecule has 1 aromatic rings. The van der Waals surface area contributed by atoms with Crippen LogP contribution in [0.25, 0.3) is 0 Å². The molecule has 0 saturated carbocycles. The lowest BCUT2D eigenvalue weighted by Crippen LogP contribution is -2.45. The number of rotatable bonds is 4. The number of nitrogens with one attached hydrogen (secondary N) is 1. The average molecular weight is 320 g/mol. The number of aryl methyl sites for hydroxylation is 1. The van der Waals surface area contributed by atoms with Crippen molar-refractivity contribution < 1.29 is 0 Å². The van der Waals surface area contributed by atoms with Crippen molar-refractivity contribution in [2.45, 2.75) is 33.2 Å². The molecule has 1 aromatic heterocycles. The van der Waals surface area contributed by atoms with Crippen LogP contribution in [0.2, 0.25) is 0 Å². The van der Waals surface area contributed by atoms with Crippen molar-refractivity contribution in [1.82, 2.24) is 15.2 Å². The molecular weight excluding hydrogens is 293 g/mol. The van der Waals surface area contributed by atoms with Gasteiger partial charge in [-0.05, 0) is 31.4 Å². The van der Waals surface area contributed by atoms with Gasteiger partial charge in [-0.2, -0.15) is 0 Å². The Hall–Kier alpha value is -0.350. The van der Waals surface area contributed by atoms with Crippen LogP contribution in [-0.4, -0.2) is 36.1 Å². The van der Waals surface area contributed by atoms with Crippen molar-refractivity contribution >= 4 is 24.8 Å². The normalized spacial score (nSPS) is 17.2. The van der Waals surface area contributed by atoms with E-state index in [9.17, 15) is 0 Å². The molecule has 0 radical (unpaired) electrons. The van der Waals surface area contributed by atoms with Crippen LogP contribution < -0.4 is 5.32 Å². The van der Waals surface area contributed by atoms with E-state index in [1.54, 1.807) is 0 Å². The van der Waals surface area contributed by atoms with Crippen LogP contribution in [0.4, 0.5) is 0 Å². The minimum Gasteiger partial charge on any atom is -0.314 e. The van der Waals surface area contributed by atoms with Crippen LogP contribution in [0.3, 0.4) is 0 Å². The third-order valence-electron chi connectivity index (χ3n) is 3.54. The van der Waals surface area contributed by atoms with Crippen LogP contribution in [0, 0.1) is 12.8 Å². The summed E-state index contributed by atoms with van der Waals surface area (Å²) in [6, 6.07) is 6.87. The summed E-state index contributed by atoms with van der Waals surface area (Å²) in [7, 11) is 0. The van der Waals surface area contributed by atoms with Gasteiger partial charge in [0.2, 0.25) is 0 Å². The Balaban J connectivity index is 0.00000180. The van der Waals surface area contributed by atoms with Crippen molar-refractivity contribution in [2.24, 2.45) is 5.92 Å². The van der Waals surface area contributed by atoms with Gasteiger partial charge in [0.05, 0.1) is 11.7 Å². The van der Waals surface area contributed by atoms with Crippen molar-refractivity contribution in [2.75, 3.05) is 26.2 Å². The predicted molar refractivity (Wildman–Crippen MR) is 90.1 cm³/mol. The second-order valence-corrected chi connectivity index (χ2v) is 5.64. The molecule has 2 heterocycles. The van der Waals surface area contributed by atoms with E-state index in [1.165, 1.54) is 12.1 Å². The van der Waals surface area contributed by atoms with Crippen LogP contribution in [0.1, 0.15) is 37.7 Å². The highest BCUT2D eigenvalue weighted by Gasteiger charge is 2.23. The Labute approximate surface area is 135 Å². The number of pyridine rings is 1. The van der Waals surface area contributed by atoms with E-state index in [2.05, 4.69) is 49.2 Å². The number of halogens is 2. The molecular formula is C15H27Cl2N3. The third-order valence-corrected chi connectivity index (χ3v) is 3.54. The smallest absolute Gasteiger partial charge is 0.0578 e. The summed E-state index contributed by atoms with van der Waals surface area (Å²) in [5.41, 5.74) is 2.36. The predicted octanol–water partition coefficient (Wildman–Crippen LogP) is 3.23. The molecule has 20 heavy (non-hydrogen) atoms. The lowest BCUT2D eigenvalue weighted by Gasteiger charge is -2.35. The molecule has 1 aliphatic heterocycles. The zero-order chi connectivity index (χ0) is 13.0. The molecule has 1 atom stereocenters. The maximum Gasteiger partial charge on any atom is 0.0578 e. The molecule has 3 nitrogen and oxygen atoms in total. The minimum atomic E-state index is 0. The maximum atomic E-state index is 4.74. The van der Waals surface area contributed by atoms with E-state index in [4.69, 9.17) is 4.98 Å². The summed E-state index contributed by atoms with van der Waals surface area (Å²) < 4.78 is 0. The van der Waals surface area contributed by atoms with Crippen molar-refractivity contribution in [1.29, 1.82) is 0 Å². The van der Waals surface area contributed by atoms with Crippen LogP contribution in [0.5, 0.6) is 0 Å². The summed E-state index contributed by atoms with van der Waals surface area (Å²) in [5.74, 6) is 0.701. The molecule has 1 N–H and O–H groups in total. The van der Waals surface area contributed by atoms with E-state index >= 15 is 0 Å². The molecule has 0 bridgehead atoms. The van der Waals surface area contributed by atoms with E-state index in [0.717, 1.165) is 31.9 Å². The first-order valence-electron chi connectivity index (χ1n) is 7.05. The molecule has 1 saturated heterocycles. The second-order valence-electron chi connectivity index (χ2n) is 5.64.